The number of hydrogen-bond acceptors (Lipinski definition) is 3. The lowest BCUT2D eigenvalue weighted by Gasteiger charge is -2.10. The molecule has 0 atom stereocenters. The van der Waals surface area contributed by atoms with E-state index in [9.17, 15) is 4.39 Å². The van der Waals surface area contributed by atoms with Crippen molar-refractivity contribution < 1.29 is 9.13 Å². The van der Waals surface area contributed by atoms with Crippen molar-refractivity contribution in [2.45, 2.75) is 6.42 Å². The Morgan fingerprint density at radius 2 is 2.24 bits per heavy atom. The second-order valence-corrected chi connectivity index (χ2v) is 4.43. The van der Waals surface area contributed by atoms with Crippen molar-refractivity contribution >= 4 is 17.0 Å². The molecule has 1 N–H and O–H groups in total. The third-order valence-corrected chi connectivity index (χ3v) is 3.20. The fourth-order valence-electron chi connectivity index (χ4n) is 1.59. The van der Waals surface area contributed by atoms with E-state index in [0.29, 0.717) is 5.75 Å². The second kappa shape index (κ2) is 5.68. The monoisotopic (exact) mass is 251 g/mol. The molecule has 90 valence electrons. The fourth-order valence-corrected chi connectivity index (χ4v) is 2.29. The number of benzene rings is 1. The van der Waals surface area contributed by atoms with Crippen LogP contribution in [-0.2, 0) is 6.42 Å². The largest absolute Gasteiger partial charge is 0.494 e. The van der Waals surface area contributed by atoms with E-state index in [4.69, 9.17) is 4.74 Å². The fraction of sp³-hybridized carbons (Fsp3) is 0.231. The molecule has 0 amide bonds. The van der Waals surface area contributed by atoms with E-state index in [1.54, 1.807) is 24.5 Å². The Morgan fingerprint density at radius 3 is 2.94 bits per heavy atom. The van der Waals surface area contributed by atoms with E-state index in [-0.39, 0.29) is 5.82 Å². The standard InChI is InChI=1S/C13H14FNOS/c1-16-13-8-11(14)2-3-12(13)15-6-4-10-5-7-17-9-10/h2-3,5,7-9,15H,4,6H2,1H3. The van der Waals surface area contributed by atoms with Gasteiger partial charge in [-0.2, -0.15) is 11.3 Å². The first kappa shape index (κ1) is 11.9. The number of ether oxygens (including phenoxy) is 1. The van der Waals surface area contributed by atoms with Gasteiger partial charge in [0.15, 0.2) is 0 Å². The first-order chi connectivity index (χ1) is 8.29. The van der Waals surface area contributed by atoms with Crippen molar-refractivity contribution in [3.05, 3.63) is 46.4 Å². The Kier molecular flexibility index (Phi) is 3.98. The Morgan fingerprint density at radius 1 is 1.35 bits per heavy atom. The molecule has 0 aliphatic heterocycles. The van der Waals surface area contributed by atoms with Gasteiger partial charge in [0.2, 0.25) is 0 Å². The quantitative estimate of drug-likeness (QED) is 0.877. The summed E-state index contributed by atoms with van der Waals surface area (Å²) in [7, 11) is 1.54. The van der Waals surface area contributed by atoms with Crippen LogP contribution in [0.4, 0.5) is 10.1 Å². The minimum absolute atomic E-state index is 0.287. The topological polar surface area (TPSA) is 21.3 Å². The van der Waals surface area contributed by atoms with Gasteiger partial charge in [-0.1, -0.05) is 0 Å². The molecule has 1 aromatic heterocycles. The van der Waals surface area contributed by atoms with Crippen molar-refractivity contribution in [3.8, 4) is 5.75 Å². The molecule has 2 nitrogen and oxygen atoms in total. The van der Waals surface area contributed by atoms with E-state index in [1.165, 1.54) is 17.7 Å². The third-order valence-electron chi connectivity index (χ3n) is 2.47. The maximum atomic E-state index is 13.0. The van der Waals surface area contributed by atoms with Crippen molar-refractivity contribution in [1.29, 1.82) is 0 Å². The summed E-state index contributed by atoms with van der Waals surface area (Å²) >= 11 is 1.69. The highest BCUT2D eigenvalue weighted by atomic mass is 32.1. The van der Waals surface area contributed by atoms with Crippen LogP contribution in [0, 0.1) is 5.82 Å². The Bertz CT molecular complexity index is 470. The van der Waals surface area contributed by atoms with Gasteiger partial charge in [0.05, 0.1) is 12.8 Å². The molecular weight excluding hydrogens is 237 g/mol. The molecule has 0 spiro atoms. The molecule has 1 heterocycles. The summed E-state index contributed by atoms with van der Waals surface area (Å²) in [6, 6.07) is 6.61. The summed E-state index contributed by atoms with van der Waals surface area (Å²) in [4.78, 5) is 0. The van der Waals surface area contributed by atoms with Gasteiger partial charge in [0, 0.05) is 12.6 Å². The van der Waals surface area contributed by atoms with Gasteiger partial charge in [-0.05, 0) is 40.9 Å². The molecule has 17 heavy (non-hydrogen) atoms. The molecular formula is C13H14FNOS. The first-order valence-electron chi connectivity index (χ1n) is 5.38. The Labute approximate surface area is 104 Å². The molecule has 0 aliphatic rings. The number of hydrogen-bond donors (Lipinski definition) is 1. The minimum atomic E-state index is -0.287. The smallest absolute Gasteiger partial charge is 0.144 e. The molecule has 2 rings (SSSR count). The summed E-state index contributed by atoms with van der Waals surface area (Å²) in [5, 5.41) is 7.43. The van der Waals surface area contributed by atoms with Crippen molar-refractivity contribution in [1.82, 2.24) is 0 Å². The van der Waals surface area contributed by atoms with Crippen LogP contribution >= 0.6 is 11.3 Å². The summed E-state index contributed by atoms with van der Waals surface area (Å²) in [5.74, 6) is 0.251. The van der Waals surface area contributed by atoms with E-state index < -0.39 is 0 Å². The van der Waals surface area contributed by atoms with Gasteiger partial charge in [0.1, 0.15) is 11.6 Å². The molecule has 0 unspecified atom stereocenters. The normalized spacial score (nSPS) is 10.2. The predicted octanol–water partition coefficient (Wildman–Crippen LogP) is 3.55. The van der Waals surface area contributed by atoms with Crippen molar-refractivity contribution in [2.75, 3.05) is 19.0 Å². The van der Waals surface area contributed by atoms with Crippen LogP contribution in [0.1, 0.15) is 5.56 Å². The van der Waals surface area contributed by atoms with Gasteiger partial charge >= 0.3 is 0 Å². The van der Waals surface area contributed by atoms with Crippen LogP contribution in [0.3, 0.4) is 0 Å². The number of halogens is 1. The zero-order valence-corrected chi connectivity index (χ0v) is 10.4. The lowest BCUT2D eigenvalue weighted by atomic mass is 10.2. The average Bonchev–Trinajstić information content (AvgIpc) is 2.84. The summed E-state index contributed by atoms with van der Waals surface area (Å²) in [6.07, 6.45) is 0.948. The predicted molar refractivity (Wildman–Crippen MR) is 69.5 cm³/mol. The van der Waals surface area contributed by atoms with Crippen LogP contribution in [-0.4, -0.2) is 13.7 Å². The maximum absolute atomic E-state index is 13.0. The van der Waals surface area contributed by atoms with Crippen LogP contribution < -0.4 is 10.1 Å². The second-order valence-electron chi connectivity index (χ2n) is 3.65. The van der Waals surface area contributed by atoms with Gasteiger partial charge in [-0.25, -0.2) is 4.39 Å². The average molecular weight is 251 g/mol. The van der Waals surface area contributed by atoms with Gasteiger partial charge in [0.25, 0.3) is 0 Å². The molecule has 0 bridgehead atoms. The molecule has 0 fully saturated rings. The number of methoxy groups -OCH3 is 1. The van der Waals surface area contributed by atoms with Crippen LogP contribution in [0.25, 0.3) is 0 Å². The number of rotatable bonds is 5. The first-order valence-corrected chi connectivity index (χ1v) is 6.32. The van der Waals surface area contributed by atoms with Crippen molar-refractivity contribution in [2.24, 2.45) is 0 Å². The SMILES string of the molecule is COc1cc(F)ccc1NCCc1ccsc1. The Hall–Kier alpha value is -1.55. The summed E-state index contributed by atoms with van der Waals surface area (Å²) in [6.45, 7) is 0.804. The molecule has 1 aromatic carbocycles. The highest BCUT2D eigenvalue weighted by Crippen LogP contribution is 2.24. The summed E-state index contributed by atoms with van der Waals surface area (Å²) < 4.78 is 18.1. The molecule has 0 aliphatic carbocycles. The zero-order valence-electron chi connectivity index (χ0n) is 9.57. The highest BCUT2D eigenvalue weighted by molar-refractivity contribution is 7.07. The van der Waals surface area contributed by atoms with Gasteiger partial charge in [-0.15, -0.1) is 0 Å². The lowest BCUT2D eigenvalue weighted by Crippen LogP contribution is -2.05. The van der Waals surface area contributed by atoms with E-state index in [2.05, 4.69) is 22.1 Å². The number of anilines is 1. The van der Waals surface area contributed by atoms with E-state index in [0.717, 1.165) is 18.7 Å². The van der Waals surface area contributed by atoms with E-state index >= 15 is 0 Å². The van der Waals surface area contributed by atoms with E-state index in [1.807, 2.05) is 0 Å². The van der Waals surface area contributed by atoms with Crippen LogP contribution in [0.15, 0.2) is 35.0 Å². The minimum Gasteiger partial charge on any atom is -0.494 e. The lowest BCUT2D eigenvalue weighted by molar-refractivity contribution is 0.413. The zero-order chi connectivity index (χ0) is 12.1. The highest BCUT2D eigenvalue weighted by Gasteiger charge is 2.03. The van der Waals surface area contributed by atoms with Crippen molar-refractivity contribution in [3.63, 3.8) is 0 Å². The van der Waals surface area contributed by atoms with Crippen LogP contribution in [0.5, 0.6) is 5.75 Å². The van der Waals surface area contributed by atoms with Crippen LogP contribution in [0.2, 0.25) is 0 Å². The maximum Gasteiger partial charge on any atom is 0.144 e. The molecule has 4 heteroatoms. The third kappa shape index (κ3) is 3.20. The molecule has 0 radical (unpaired) electrons. The Balaban J connectivity index is 1.94. The van der Waals surface area contributed by atoms with Gasteiger partial charge < -0.3 is 10.1 Å². The molecule has 2 aromatic rings. The molecule has 0 saturated heterocycles. The summed E-state index contributed by atoms with van der Waals surface area (Å²) in [5.41, 5.74) is 2.13. The van der Waals surface area contributed by atoms with Gasteiger partial charge in [-0.3, -0.25) is 0 Å². The molecule has 0 saturated carbocycles. The number of nitrogens with one attached hydrogen (secondary N) is 1. The number of thiophene rings is 1.